The second-order valence-electron chi connectivity index (χ2n) is 8.05. The second kappa shape index (κ2) is 9.25. The van der Waals surface area contributed by atoms with E-state index in [1.54, 1.807) is 10.6 Å². The Morgan fingerprint density at radius 3 is 2.65 bits per heavy atom. The average Bonchev–Trinajstić information content (AvgIpc) is 3.29. The maximum absolute atomic E-state index is 13.7. The number of hydrogen-bond donors (Lipinski definition) is 1. The number of rotatable bonds is 5. The average molecular weight is 473 g/mol. The van der Waals surface area contributed by atoms with Crippen LogP contribution in [0.4, 0.5) is 15.9 Å². The van der Waals surface area contributed by atoms with Gasteiger partial charge in [-0.1, -0.05) is 11.8 Å². The van der Waals surface area contributed by atoms with Crippen LogP contribution in [0.15, 0.2) is 69.8 Å². The fraction of sp³-hybridized carbons (Fsp3) is 0.200. The molecule has 3 aromatic heterocycles. The zero-order chi connectivity index (χ0) is 23.7. The fourth-order valence-electron chi connectivity index (χ4n) is 4.06. The van der Waals surface area contributed by atoms with Crippen molar-refractivity contribution in [3.8, 4) is 17.2 Å². The van der Waals surface area contributed by atoms with E-state index >= 15 is 0 Å². The molecule has 0 amide bonds. The number of nitrogens with zero attached hydrogens (tertiary/aromatic N) is 6. The monoisotopic (exact) mass is 472 g/mol. The zero-order valence-corrected chi connectivity index (χ0v) is 19.0. The Morgan fingerprint density at radius 2 is 1.94 bits per heavy atom. The van der Waals surface area contributed by atoms with Gasteiger partial charge in [-0.25, -0.2) is 13.9 Å². The molecule has 7 nitrogen and oxygen atoms in total. The molecule has 1 fully saturated rings. The van der Waals surface area contributed by atoms with Gasteiger partial charge < -0.3 is 10.0 Å². The maximum Gasteiger partial charge on any atom is 0.128 e. The van der Waals surface area contributed by atoms with Gasteiger partial charge in [-0.2, -0.15) is 10.4 Å². The summed E-state index contributed by atoms with van der Waals surface area (Å²) in [4.78, 5) is 12.3. The van der Waals surface area contributed by atoms with Gasteiger partial charge in [0.2, 0.25) is 0 Å². The summed E-state index contributed by atoms with van der Waals surface area (Å²) in [5.41, 5.74) is 3.34. The Labute approximate surface area is 200 Å². The highest BCUT2D eigenvalue weighted by Crippen LogP contribution is 2.40. The molecular formula is C25H21FN6OS. The summed E-state index contributed by atoms with van der Waals surface area (Å²) in [6.07, 6.45) is 6.47. The van der Waals surface area contributed by atoms with Crippen molar-refractivity contribution in [2.75, 3.05) is 18.0 Å². The lowest BCUT2D eigenvalue weighted by Gasteiger charge is -2.30. The number of piperidine rings is 1. The third kappa shape index (κ3) is 4.25. The van der Waals surface area contributed by atoms with Crippen LogP contribution in [-0.2, 0) is 0 Å². The van der Waals surface area contributed by atoms with Crippen LogP contribution in [0.5, 0.6) is 0 Å². The molecule has 1 saturated heterocycles. The predicted molar refractivity (Wildman–Crippen MR) is 130 cm³/mol. The molecule has 4 aromatic rings. The minimum atomic E-state index is -0.387. The van der Waals surface area contributed by atoms with Crippen molar-refractivity contribution in [2.24, 2.45) is 4.99 Å². The number of hydrogen-bond acceptors (Lipinski definition) is 7. The van der Waals surface area contributed by atoms with Crippen molar-refractivity contribution in [1.29, 1.82) is 5.26 Å². The minimum Gasteiger partial charge on any atom is -0.393 e. The molecule has 4 heterocycles. The molecule has 1 aliphatic rings. The molecule has 170 valence electrons. The van der Waals surface area contributed by atoms with E-state index < -0.39 is 0 Å². The van der Waals surface area contributed by atoms with Gasteiger partial charge in [0.15, 0.2) is 0 Å². The van der Waals surface area contributed by atoms with Gasteiger partial charge in [-0.05, 0) is 49.9 Å². The third-order valence-corrected chi connectivity index (χ3v) is 6.97. The van der Waals surface area contributed by atoms with E-state index in [1.807, 2.05) is 30.6 Å². The molecule has 34 heavy (non-hydrogen) atoms. The number of anilines is 1. The summed E-state index contributed by atoms with van der Waals surface area (Å²) in [6, 6.07) is 12.5. The number of aromatic nitrogens is 3. The largest absolute Gasteiger partial charge is 0.393 e. The Hall–Kier alpha value is -3.74. The Kier molecular flexibility index (Phi) is 6.01. The number of pyridine rings is 2. The molecule has 0 unspecified atom stereocenters. The summed E-state index contributed by atoms with van der Waals surface area (Å²) >= 11 is 1.38. The summed E-state index contributed by atoms with van der Waals surface area (Å²) < 4.78 is 15.4. The van der Waals surface area contributed by atoms with Gasteiger partial charge in [0.25, 0.3) is 0 Å². The molecule has 0 radical (unpaired) electrons. The van der Waals surface area contributed by atoms with Crippen LogP contribution in [0, 0.1) is 17.1 Å². The highest BCUT2D eigenvalue weighted by molar-refractivity contribution is 7.99. The molecule has 1 N–H and O–H groups in total. The highest BCUT2D eigenvalue weighted by atomic mass is 32.2. The zero-order valence-electron chi connectivity index (χ0n) is 18.2. The first-order valence-electron chi connectivity index (χ1n) is 10.8. The summed E-state index contributed by atoms with van der Waals surface area (Å²) in [5, 5.41) is 23.7. The third-order valence-electron chi connectivity index (χ3n) is 5.88. The van der Waals surface area contributed by atoms with E-state index in [1.165, 1.54) is 30.1 Å². The SMILES string of the molecule is C=Nc1cc(F)ccc1Sc1cc(-c2ccc(N3CCC(O)CC3)nc2)cn2ncc(C#N)c12. The molecule has 0 bridgehead atoms. The first-order valence-corrected chi connectivity index (χ1v) is 11.6. The fourth-order valence-corrected chi connectivity index (χ4v) is 5.15. The quantitative estimate of drug-likeness (QED) is 0.418. The lowest BCUT2D eigenvalue weighted by atomic mass is 10.1. The number of aliphatic hydroxyl groups excluding tert-OH is 1. The molecule has 9 heteroatoms. The van der Waals surface area contributed by atoms with Gasteiger partial charge in [0, 0.05) is 52.5 Å². The summed E-state index contributed by atoms with van der Waals surface area (Å²) in [5.74, 6) is 0.493. The molecular weight excluding hydrogens is 451 g/mol. The van der Waals surface area contributed by atoms with Gasteiger partial charge in [0.05, 0.1) is 29.1 Å². The second-order valence-corrected chi connectivity index (χ2v) is 9.14. The Balaban J connectivity index is 1.53. The van der Waals surface area contributed by atoms with E-state index in [0.29, 0.717) is 16.8 Å². The van der Waals surface area contributed by atoms with Crippen LogP contribution in [0.3, 0.4) is 0 Å². The van der Waals surface area contributed by atoms with Crippen LogP contribution in [0.1, 0.15) is 18.4 Å². The summed E-state index contributed by atoms with van der Waals surface area (Å²) in [7, 11) is 0. The number of nitriles is 1. The first kappa shape index (κ1) is 22.1. The van der Waals surface area contributed by atoms with Crippen molar-refractivity contribution in [1.82, 2.24) is 14.6 Å². The number of halogens is 1. The Bertz CT molecular complexity index is 1400. The van der Waals surface area contributed by atoms with E-state index in [-0.39, 0.29) is 11.9 Å². The molecule has 1 aliphatic heterocycles. The van der Waals surface area contributed by atoms with Gasteiger partial charge in [0.1, 0.15) is 17.7 Å². The van der Waals surface area contributed by atoms with Crippen molar-refractivity contribution in [3.63, 3.8) is 0 Å². The van der Waals surface area contributed by atoms with E-state index in [9.17, 15) is 14.8 Å². The van der Waals surface area contributed by atoms with Crippen LogP contribution in [-0.4, -0.2) is 45.6 Å². The lowest BCUT2D eigenvalue weighted by molar-refractivity contribution is 0.145. The number of aliphatic hydroxyl groups is 1. The molecule has 0 aliphatic carbocycles. The smallest absolute Gasteiger partial charge is 0.128 e. The molecule has 1 aromatic carbocycles. The van der Waals surface area contributed by atoms with Crippen LogP contribution >= 0.6 is 11.8 Å². The number of fused-ring (bicyclic) bond motifs is 1. The molecule has 0 saturated carbocycles. The number of benzene rings is 1. The maximum atomic E-state index is 13.7. The van der Waals surface area contributed by atoms with Gasteiger partial charge in [-0.3, -0.25) is 4.99 Å². The molecule has 0 spiro atoms. The Morgan fingerprint density at radius 1 is 1.12 bits per heavy atom. The predicted octanol–water partition coefficient (Wildman–Crippen LogP) is 4.85. The van der Waals surface area contributed by atoms with Crippen LogP contribution in [0.25, 0.3) is 16.6 Å². The lowest BCUT2D eigenvalue weighted by Crippen LogP contribution is -2.36. The number of aliphatic imine (C=N–C) groups is 1. The normalized spacial score (nSPS) is 14.3. The first-order chi connectivity index (χ1) is 16.6. The highest BCUT2D eigenvalue weighted by Gasteiger charge is 2.19. The standard InChI is InChI=1S/C25H21FN6OS/c1-28-21-11-19(26)3-4-22(21)34-23-10-17(15-32-25(23)18(12-27)14-30-32)16-2-5-24(29-13-16)31-8-6-20(33)7-9-31/h2-5,10-11,13-15,20,33H,1,6-9H2. The van der Waals surface area contributed by atoms with Crippen LogP contribution in [0.2, 0.25) is 0 Å². The van der Waals surface area contributed by atoms with Crippen molar-refractivity contribution >= 4 is 35.5 Å². The van der Waals surface area contributed by atoms with E-state index in [2.05, 4.69) is 32.8 Å². The summed E-state index contributed by atoms with van der Waals surface area (Å²) in [6.45, 7) is 5.11. The van der Waals surface area contributed by atoms with Crippen LogP contribution < -0.4 is 4.90 Å². The molecule has 5 rings (SSSR count). The van der Waals surface area contributed by atoms with Crippen molar-refractivity contribution in [3.05, 3.63) is 66.4 Å². The topological polar surface area (TPSA) is 89.8 Å². The van der Waals surface area contributed by atoms with Gasteiger partial charge in [-0.15, -0.1) is 0 Å². The van der Waals surface area contributed by atoms with Gasteiger partial charge >= 0.3 is 0 Å². The van der Waals surface area contributed by atoms with E-state index in [4.69, 9.17) is 0 Å². The van der Waals surface area contributed by atoms with Crippen molar-refractivity contribution < 1.29 is 9.50 Å². The molecule has 0 atom stereocenters. The minimum absolute atomic E-state index is 0.233. The van der Waals surface area contributed by atoms with Crippen molar-refractivity contribution in [2.45, 2.75) is 28.7 Å². The van der Waals surface area contributed by atoms with E-state index in [0.717, 1.165) is 52.7 Å².